The zero-order valence-electron chi connectivity index (χ0n) is 7.12. The number of rotatable bonds is 1. The maximum atomic E-state index is 11.0. The van der Waals surface area contributed by atoms with E-state index < -0.39 is 0 Å². The Kier molecular flexibility index (Phi) is 4.18. The van der Waals surface area contributed by atoms with Crippen molar-refractivity contribution in [1.82, 2.24) is 9.78 Å². The molecule has 0 radical (unpaired) electrons. The molecule has 5 heteroatoms. The Labute approximate surface area is 85.2 Å². The first-order chi connectivity index (χ1) is 5.16. The Hall–Kier alpha value is -0.632. The largest absolute Gasteiger partial charge is 0.478 e. The second-order valence-electron chi connectivity index (χ2n) is 2.20. The van der Waals surface area contributed by atoms with Crippen molar-refractivity contribution in [2.75, 3.05) is 7.11 Å². The molecular weight excluding hydrogens is 328 g/mol. The summed E-state index contributed by atoms with van der Waals surface area (Å²) in [6.45, 7) is 1.76. The van der Waals surface area contributed by atoms with Crippen LogP contribution < -0.4 is 0 Å². The van der Waals surface area contributed by atoms with Crippen LogP contribution in [0, 0.1) is 13.1 Å². The molecule has 0 aliphatic carbocycles. The first kappa shape index (κ1) is 11.4. The minimum Gasteiger partial charge on any atom is -0.478 e. The van der Waals surface area contributed by atoms with Gasteiger partial charge in [0.2, 0.25) is 0 Å². The monoisotopic (exact) mass is 337 g/mol. The molecule has 1 rings (SSSR count). The Bertz CT molecular complexity index is 263. The molecule has 0 fully saturated rings. The number of aryl methyl sites for hydroxylation is 2. The predicted octanol–water partition coefficient (Wildman–Crippen LogP) is 0.313. The van der Waals surface area contributed by atoms with Gasteiger partial charge in [0.25, 0.3) is 5.97 Å². The molecule has 0 saturated heterocycles. The maximum Gasteiger partial charge on any atom is 0.271 e. The molecule has 0 saturated carbocycles. The van der Waals surface area contributed by atoms with Crippen LogP contribution in [0.25, 0.3) is 0 Å². The molecule has 0 spiro atoms. The Morgan fingerprint density at radius 1 is 1.67 bits per heavy atom. The second kappa shape index (κ2) is 4.41. The second-order valence-corrected chi connectivity index (χ2v) is 2.20. The molecule has 4 nitrogen and oxygen atoms in total. The van der Waals surface area contributed by atoms with Crippen LogP contribution in [0.15, 0.2) is 0 Å². The molecule has 66 valence electrons. The van der Waals surface area contributed by atoms with E-state index in [4.69, 9.17) is 0 Å². The molecule has 1 heterocycles. The van der Waals surface area contributed by atoms with Gasteiger partial charge in [-0.05, 0) is 5.69 Å². The Morgan fingerprint density at radius 2 is 2.25 bits per heavy atom. The summed E-state index contributed by atoms with van der Waals surface area (Å²) in [5.41, 5.74) is 1.16. The fourth-order valence-corrected chi connectivity index (χ4v) is 0.878. The van der Waals surface area contributed by atoms with Gasteiger partial charge in [0, 0.05) is 28.1 Å². The zero-order chi connectivity index (χ0) is 8.43. The zero-order valence-corrected chi connectivity index (χ0v) is 10.1. The van der Waals surface area contributed by atoms with E-state index in [0.29, 0.717) is 11.3 Å². The predicted molar refractivity (Wildman–Crippen MR) is 38.1 cm³/mol. The van der Waals surface area contributed by atoms with Gasteiger partial charge in [-0.1, -0.05) is 6.92 Å². The number of hydrogen-bond acceptors (Lipinski definition) is 3. The van der Waals surface area contributed by atoms with Crippen LogP contribution in [0.2, 0.25) is 0 Å². The molecule has 0 aliphatic rings. The van der Waals surface area contributed by atoms with E-state index in [1.165, 1.54) is 11.8 Å². The van der Waals surface area contributed by atoms with E-state index in [9.17, 15) is 4.79 Å². The Balaban J connectivity index is 0.00000121. The number of aromatic nitrogens is 2. The van der Waals surface area contributed by atoms with Gasteiger partial charge in [-0.25, -0.2) is 0 Å². The number of methoxy groups -OCH3 is 1. The van der Waals surface area contributed by atoms with Gasteiger partial charge in [0.05, 0.1) is 7.11 Å². The van der Waals surface area contributed by atoms with Crippen molar-refractivity contribution in [1.29, 1.82) is 0 Å². The third-order valence-corrected chi connectivity index (χ3v) is 1.43. The average molecular weight is 337 g/mol. The van der Waals surface area contributed by atoms with Crippen molar-refractivity contribution in [3.63, 3.8) is 0 Å². The van der Waals surface area contributed by atoms with E-state index in [1.54, 1.807) is 14.0 Å². The summed E-state index contributed by atoms with van der Waals surface area (Å²) in [7, 11) is 3.02. The smallest absolute Gasteiger partial charge is 0.271 e. The molecule has 0 unspecified atom stereocenters. The molecule has 1 aromatic rings. The molecule has 12 heavy (non-hydrogen) atoms. The molecule has 0 bridgehead atoms. The van der Waals surface area contributed by atoms with E-state index in [2.05, 4.69) is 16.0 Å². The van der Waals surface area contributed by atoms with Crippen LogP contribution in [0.1, 0.15) is 16.1 Å². The van der Waals surface area contributed by atoms with Crippen molar-refractivity contribution in [3.05, 3.63) is 17.5 Å². The van der Waals surface area contributed by atoms with Crippen LogP contribution in [0.4, 0.5) is 0 Å². The van der Waals surface area contributed by atoms with Gasteiger partial charge in [-0.3, -0.25) is 4.79 Å². The number of esters is 1. The summed E-state index contributed by atoms with van der Waals surface area (Å²) in [6.07, 6.45) is 2.66. The van der Waals surface area contributed by atoms with Crippen LogP contribution in [-0.2, 0) is 32.8 Å². The van der Waals surface area contributed by atoms with Crippen molar-refractivity contribution in [2.45, 2.75) is 6.92 Å². The van der Waals surface area contributed by atoms with Gasteiger partial charge < -0.3 is 14.5 Å². The first-order valence-corrected chi connectivity index (χ1v) is 3.16. The Morgan fingerprint density at radius 3 is 2.58 bits per heavy atom. The van der Waals surface area contributed by atoms with Crippen LogP contribution in [0.5, 0.6) is 0 Å². The number of carbonyl (C=O) groups is 1. The molecule has 0 atom stereocenters. The van der Waals surface area contributed by atoms with Gasteiger partial charge in [0.15, 0.2) is 0 Å². The van der Waals surface area contributed by atoms with Crippen molar-refractivity contribution in [3.8, 4) is 0 Å². The molecule has 0 amide bonds. The average Bonchev–Trinajstić information content (AvgIpc) is 2.30. The quantitative estimate of drug-likeness (QED) is 0.548. The fraction of sp³-hybridized carbons (Fsp3) is 0.429. The molecule has 0 aliphatic heterocycles. The third-order valence-electron chi connectivity index (χ3n) is 1.43. The number of carbonyl (C=O) groups excluding carboxylic acids is 1. The number of hydrogen-bond donors (Lipinski definition) is 0. The van der Waals surface area contributed by atoms with E-state index in [0.717, 1.165) is 0 Å². The van der Waals surface area contributed by atoms with Crippen molar-refractivity contribution >= 4 is 5.97 Å². The maximum absolute atomic E-state index is 11.0. The van der Waals surface area contributed by atoms with Crippen LogP contribution in [0.3, 0.4) is 0 Å². The third kappa shape index (κ3) is 1.94. The number of nitrogens with zero attached hydrogens (tertiary/aromatic N) is 2. The van der Waals surface area contributed by atoms with E-state index in [1.807, 2.05) is 0 Å². The van der Waals surface area contributed by atoms with Crippen molar-refractivity contribution in [2.24, 2.45) is 7.05 Å². The van der Waals surface area contributed by atoms with Gasteiger partial charge in [-0.2, -0.15) is 5.56 Å². The minimum absolute atomic E-state index is 0. The SMILES string of the molecule is COC(=O)c1c(C)[c-]nn1C.[W]. The van der Waals surface area contributed by atoms with Gasteiger partial charge >= 0.3 is 0 Å². The minimum atomic E-state index is -0.376. The topological polar surface area (TPSA) is 44.1 Å². The summed E-state index contributed by atoms with van der Waals surface area (Å²) in [5, 5.41) is 3.78. The van der Waals surface area contributed by atoms with E-state index in [-0.39, 0.29) is 27.0 Å². The normalized spacial score (nSPS) is 8.92. The van der Waals surface area contributed by atoms with Crippen LogP contribution >= 0.6 is 0 Å². The summed E-state index contributed by atoms with van der Waals surface area (Å²) in [5.74, 6) is -0.376. The summed E-state index contributed by atoms with van der Waals surface area (Å²) in [6, 6.07) is 0. The van der Waals surface area contributed by atoms with Gasteiger partial charge in [-0.15, -0.1) is 6.20 Å². The standard InChI is InChI=1S/C7H9N2O2.W/c1-5-4-8-9(2)6(5)7(10)11-3;/h1-3H3;/q-1;. The molecule has 1 aromatic heterocycles. The van der Waals surface area contributed by atoms with E-state index >= 15 is 0 Å². The molecule has 0 aromatic carbocycles. The van der Waals surface area contributed by atoms with Crippen LogP contribution in [-0.4, -0.2) is 22.9 Å². The fourth-order valence-electron chi connectivity index (χ4n) is 0.878. The summed E-state index contributed by atoms with van der Waals surface area (Å²) < 4.78 is 5.98. The summed E-state index contributed by atoms with van der Waals surface area (Å²) >= 11 is 0. The molecule has 0 N–H and O–H groups in total. The number of ether oxygens (including phenoxy) is 1. The summed E-state index contributed by atoms with van der Waals surface area (Å²) in [4.78, 5) is 11.0. The van der Waals surface area contributed by atoms with Crippen molar-refractivity contribution < 1.29 is 30.6 Å². The first-order valence-electron chi connectivity index (χ1n) is 3.16. The molecular formula is C7H9N2O2W-. The van der Waals surface area contributed by atoms with Gasteiger partial charge in [0.1, 0.15) is 0 Å².